The van der Waals surface area contributed by atoms with Crippen LogP contribution in [-0.4, -0.2) is 29.1 Å². The smallest absolute Gasteiger partial charge is 0.132 e. The average molecular weight is 209 g/mol. The van der Waals surface area contributed by atoms with Gasteiger partial charge in [-0.15, -0.1) is 0 Å². The molecular weight excluding hydrogens is 190 g/mol. The highest BCUT2D eigenvalue weighted by atomic mass is 15.1. The summed E-state index contributed by atoms with van der Waals surface area (Å²) in [5.74, 6) is 2.33. The van der Waals surface area contributed by atoms with E-state index >= 15 is 0 Å². The van der Waals surface area contributed by atoms with Crippen LogP contribution in [0.5, 0.6) is 0 Å². The molecule has 1 heterocycles. The van der Waals surface area contributed by atoms with E-state index in [1.54, 1.807) is 0 Å². The predicted molar refractivity (Wildman–Crippen MR) is 63.1 cm³/mol. The third-order valence-corrected chi connectivity index (χ3v) is 2.07. The lowest BCUT2D eigenvalue weighted by atomic mass is 10.1. The van der Waals surface area contributed by atoms with Gasteiger partial charge in [-0.1, -0.05) is 0 Å². The van der Waals surface area contributed by atoms with Crippen LogP contribution in [0.2, 0.25) is 0 Å². The number of hydrogen-bond donors (Lipinski definition) is 3. The van der Waals surface area contributed by atoms with Gasteiger partial charge in [-0.3, -0.25) is 0 Å². The summed E-state index contributed by atoms with van der Waals surface area (Å²) in [5.41, 5.74) is 5.48. The van der Waals surface area contributed by atoms with E-state index in [-0.39, 0.29) is 5.54 Å². The Balaban J connectivity index is 2.90. The second-order valence-corrected chi connectivity index (χ2v) is 4.15. The summed E-state index contributed by atoms with van der Waals surface area (Å²) in [4.78, 5) is 8.51. The minimum atomic E-state index is -0.161. The maximum atomic E-state index is 5.64. The van der Waals surface area contributed by atoms with Crippen LogP contribution in [0.4, 0.5) is 11.6 Å². The molecule has 0 bridgehead atoms. The fourth-order valence-corrected chi connectivity index (χ4v) is 1.16. The Kier molecular flexibility index (Phi) is 3.47. The number of aromatic nitrogens is 2. The van der Waals surface area contributed by atoms with Crippen molar-refractivity contribution in [3.63, 3.8) is 0 Å². The van der Waals surface area contributed by atoms with E-state index in [0.717, 1.165) is 17.5 Å². The van der Waals surface area contributed by atoms with E-state index in [0.29, 0.717) is 6.54 Å². The first-order valence-corrected chi connectivity index (χ1v) is 4.98. The highest BCUT2D eigenvalue weighted by molar-refractivity contribution is 5.48. The minimum absolute atomic E-state index is 0.161. The molecule has 0 radical (unpaired) electrons. The third-order valence-electron chi connectivity index (χ3n) is 2.07. The highest BCUT2D eigenvalue weighted by Crippen LogP contribution is 2.15. The van der Waals surface area contributed by atoms with Gasteiger partial charge in [0.05, 0.1) is 0 Å². The van der Waals surface area contributed by atoms with Crippen LogP contribution >= 0.6 is 0 Å². The van der Waals surface area contributed by atoms with Crippen LogP contribution in [0, 0.1) is 6.92 Å². The van der Waals surface area contributed by atoms with Crippen molar-refractivity contribution in [2.45, 2.75) is 26.3 Å². The lowest BCUT2D eigenvalue weighted by Crippen LogP contribution is -2.39. The van der Waals surface area contributed by atoms with Gasteiger partial charge >= 0.3 is 0 Å². The molecule has 0 amide bonds. The lowest BCUT2D eigenvalue weighted by molar-refractivity contribution is 0.577. The van der Waals surface area contributed by atoms with E-state index < -0.39 is 0 Å². The van der Waals surface area contributed by atoms with Crippen LogP contribution in [0.1, 0.15) is 19.7 Å². The summed E-state index contributed by atoms with van der Waals surface area (Å²) in [6.45, 7) is 6.47. The molecular formula is C10H19N5. The summed E-state index contributed by atoms with van der Waals surface area (Å²) in [7, 11) is 1.83. The first-order chi connectivity index (χ1) is 6.96. The Morgan fingerprint density at radius 3 is 2.47 bits per heavy atom. The van der Waals surface area contributed by atoms with Crippen molar-refractivity contribution in [3.05, 3.63) is 11.9 Å². The number of anilines is 2. The van der Waals surface area contributed by atoms with Crippen molar-refractivity contribution < 1.29 is 0 Å². The molecule has 0 unspecified atom stereocenters. The van der Waals surface area contributed by atoms with Gasteiger partial charge in [-0.05, 0) is 20.8 Å². The molecule has 0 fully saturated rings. The molecule has 5 heteroatoms. The van der Waals surface area contributed by atoms with Crippen molar-refractivity contribution in [2.75, 3.05) is 24.2 Å². The molecule has 0 atom stereocenters. The van der Waals surface area contributed by atoms with Gasteiger partial charge in [0.2, 0.25) is 0 Å². The Morgan fingerprint density at radius 1 is 1.33 bits per heavy atom. The monoisotopic (exact) mass is 209 g/mol. The largest absolute Gasteiger partial charge is 0.373 e. The van der Waals surface area contributed by atoms with Crippen molar-refractivity contribution in [1.82, 2.24) is 9.97 Å². The SMILES string of the molecule is CNc1cc(NC(C)(C)CN)nc(C)n1. The maximum absolute atomic E-state index is 5.64. The molecule has 15 heavy (non-hydrogen) atoms. The molecule has 0 aromatic carbocycles. The van der Waals surface area contributed by atoms with Crippen molar-refractivity contribution in [1.29, 1.82) is 0 Å². The zero-order valence-corrected chi connectivity index (χ0v) is 9.76. The lowest BCUT2D eigenvalue weighted by Gasteiger charge is -2.25. The molecule has 0 aliphatic carbocycles. The van der Waals surface area contributed by atoms with Gasteiger partial charge < -0.3 is 16.4 Å². The molecule has 1 rings (SSSR count). The summed E-state index contributed by atoms with van der Waals surface area (Å²) >= 11 is 0. The molecule has 84 valence electrons. The summed E-state index contributed by atoms with van der Waals surface area (Å²) in [6, 6.07) is 1.87. The number of aryl methyl sites for hydroxylation is 1. The van der Waals surface area contributed by atoms with Crippen LogP contribution < -0.4 is 16.4 Å². The summed E-state index contributed by atoms with van der Waals surface area (Å²) < 4.78 is 0. The molecule has 0 aliphatic rings. The van der Waals surface area contributed by atoms with E-state index in [1.807, 2.05) is 33.9 Å². The van der Waals surface area contributed by atoms with Gasteiger partial charge in [-0.25, -0.2) is 9.97 Å². The van der Waals surface area contributed by atoms with E-state index in [1.165, 1.54) is 0 Å². The number of nitrogens with zero attached hydrogens (tertiary/aromatic N) is 2. The van der Waals surface area contributed by atoms with Gasteiger partial charge in [-0.2, -0.15) is 0 Å². The van der Waals surface area contributed by atoms with Crippen LogP contribution in [0.3, 0.4) is 0 Å². The topological polar surface area (TPSA) is 75.9 Å². The maximum Gasteiger partial charge on any atom is 0.132 e. The normalized spacial score (nSPS) is 11.3. The second-order valence-electron chi connectivity index (χ2n) is 4.15. The summed E-state index contributed by atoms with van der Waals surface area (Å²) in [5, 5.41) is 6.26. The molecule has 5 nitrogen and oxygen atoms in total. The summed E-state index contributed by atoms with van der Waals surface area (Å²) in [6.07, 6.45) is 0. The Bertz CT molecular complexity index is 335. The third kappa shape index (κ3) is 3.36. The number of rotatable bonds is 4. The molecule has 0 spiro atoms. The fraction of sp³-hybridized carbons (Fsp3) is 0.600. The molecule has 1 aromatic heterocycles. The predicted octanol–water partition coefficient (Wildman–Crippen LogP) is 0.976. The molecule has 1 aromatic rings. The van der Waals surface area contributed by atoms with Gasteiger partial charge in [0, 0.05) is 25.2 Å². The Labute approximate surface area is 90.5 Å². The molecule has 4 N–H and O–H groups in total. The van der Waals surface area contributed by atoms with E-state index in [2.05, 4.69) is 20.6 Å². The Hall–Kier alpha value is -1.36. The molecule has 0 saturated carbocycles. The number of nitrogens with two attached hydrogens (primary N) is 1. The standard InChI is InChI=1S/C10H19N5/c1-7-13-8(12-4)5-9(14-7)15-10(2,3)6-11/h5H,6,11H2,1-4H3,(H2,12,13,14,15). The quantitative estimate of drug-likeness (QED) is 0.689. The fourth-order valence-electron chi connectivity index (χ4n) is 1.16. The number of hydrogen-bond acceptors (Lipinski definition) is 5. The second kappa shape index (κ2) is 4.44. The first-order valence-electron chi connectivity index (χ1n) is 4.98. The average Bonchev–Trinajstić information content (AvgIpc) is 2.16. The zero-order valence-electron chi connectivity index (χ0n) is 9.76. The van der Waals surface area contributed by atoms with E-state index in [9.17, 15) is 0 Å². The van der Waals surface area contributed by atoms with Crippen LogP contribution in [0.15, 0.2) is 6.07 Å². The molecule has 0 saturated heterocycles. The van der Waals surface area contributed by atoms with Gasteiger partial charge in [0.15, 0.2) is 0 Å². The first kappa shape index (κ1) is 11.7. The van der Waals surface area contributed by atoms with Gasteiger partial charge in [0.25, 0.3) is 0 Å². The minimum Gasteiger partial charge on any atom is -0.373 e. The zero-order chi connectivity index (χ0) is 11.5. The number of nitrogens with one attached hydrogen (secondary N) is 2. The molecule has 0 aliphatic heterocycles. The van der Waals surface area contributed by atoms with Crippen molar-refractivity contribution in [2.24, 2.45) is 5.73 Å². The van der Waals surface area contributed by atoms with Crippen LogP contribution in [0.25, 0.3) is 0 Å². The van der Waals surface area contributed by atoms with Crippen molar-refractivity contribution in [3.8, 4) is 0 Å². The van der Waals surface area contributed by atoms with Crippen LogP contribution in [-0.2, 0) is 0 Å². The highest BCUT2D eigenvalue weighted by Gasteiger charge is 2.15. The van der Waals surface area contributed by atoms with Gasteiger partial charge in [0.1, 0.15) is 17.5 Å². The Morgan fingerprint density at radius 2 is 1.93 bits per heavy atom. The van der Waals surface area contributed by atoms with Crippen molar-refractivity contribution >= 4 is 11.6 Å². The van der Waals surface area contributed by atoms with E-state index in [4.69, 9.17) is 5.73 Å².